The quantitative estimate of drug-likeness (QED) is 0.592. The van der Waals surface area contributed by atoms with Crippen molar-refractivity contribution in [2.45, 2.75) is 0 Å². The van der Waals surface area contributed by atoms with Crippen LogP contribution in [0.15, 0.2) is 30.3 Å². The SMILES string of the molecule is COc1ccccc1/C=C/C[NH+]1CC[NH+](CCO)CC1. The van der Waals surface area contributed by atoms with E-state index in [1.807, 2.05) is 18.2 Å². The summed E-state index contributed by atoms with van der Waals surface area (Å²) in [6.07, 6.45) is 4.39. The minimum Gasteiger partial charge on any atom is -0.496 e. The van der Waals surface area contributed by atoms with Crippen LogP contribution in [0.1, 0.15) is 5.56 Å². The summed E-state index contributed by atoms with van der Waals surface area (Å²) in [5.41, 5.74) is 1.14. The average molecular weight is 278 g/mol. The van der Waals surface area contributed by atoms with Crippen LogP contribution in [0.3, 0.4) is 0 Å². The summed E-state index contributed by atoms with van der Waals surface area (Å²) in [7, 11) is 1.71. The first kappa shape index (κ1) is 15.0. The van der Waals surface area contributed by atoms with Crippen LogP contribution in [-0.4, -0.2) is 58.1 Å². The highest BCUT2D eigenvalue weighted by Crippen LogP contribution is 2.18. The van der Waals surface area contributed by atoms with Crippen molar-refractivity contribution >= 4 is 6.08 Å². The predicted octanol–water partition coefficient (Wildman–Crippen LogP) is -1.52. The Balaban J connectivity index is 1.79. The number of benzene rings is 1. The molecule has 1 heterocycles. The Hall–Kier alpha value is -1.36. The molecular weight excluding hydrogens is 252 g/mol. The van der Waals surface area contributed by atoms with Crippen molar-refractivity contribution in [3.63, 3.8) is 0 Å². The molecule has 1 aromatic rings. The molecule has 0 aromatic heterocycles. The smallest absolute Gasteiger partial charge is 0.127 e. The van der Waals surface area contributed by atoms with Gasteiger partial charge in [-0.25, -0.2) is 0 Å². The molecule has 1 fully saturated rings. The standard InChI is InChI=1S/C16H24N2O2/c1-20-16-7-3-2-5-15(16)6-4-8-17-9-11-18(12-10-17)13-14-19/h2-7,19H,8-14H2,1H3/p+2/b6-4+. The molecule has 1 aromatic carbocycles. The van der Waals surface area contributed by atoms with Crippen LogP contribution in [0.25, 0.3) is 6.08 Å². The summed E-state index contributed by atoms with van der Waals surface area (Å²) in [4.78, 5) is 3.16. The number of aliphatic hydroxyl groups is 1. The van der Waals surface area contributed by atoms with Crippen LogP contribution in [0.4, 0.5) is 0 Å². The molecule has 110 valence electrons. The average Bonchev–Trinajstić information content (AvgIpc) is 2.50. The first-order chi connectivity index (χ1) is 9.83. The van der Waals surface area contributed by atoms with Crippen LogP contribution >= 0.6 is 0 Å². The Kier molecular flexibility index (Phi) is 6.05. The number of aliphatic hydroxyl groups excluding tert-OH is 1. The summed E-state index contributed by atoms with van der Waals surface area (Å²) in [5.74, 6) is 0.927. The molecule has 1 aliphatic rings. The highest BCUT2D eigenvalue weighted by atomic mass is 16.5. The molecule has 0 amide bonds. The zero-order valence-electron chi connectivity index (χ0n) is 12.3. The lowest BCUT2D eigenvalue weighted by Crippen LogP contribution is -3.28. The van der Waals surface area contributed by atoms with E-state index in [-0.39, 0.29) is 0 Å². The Morgan fingerprint density at radius 1 is 1.15 bits per heavy atom. The summed E-state index contributed by atoms with van der Waals surface area (Å²) in [6, 6.07) is 8.09. The lowest BCUT2D eigenvalue weighted by atomic mass is 10.2. The van der Waals surface area contributed by atoms with Crippen molar-refractivity contribution in [1.29, 1.82) is 0 Å². The van der Waals surface area contributed by atoms with Crippen molar-refractivity contribution in [2.24, 2.45) is 0 Å². The van der Waals surface area contributed by atoms with Crippen molar-refractivity contribution < 1.29 is 19.6 Å². The third-order valence-corrected chi connectivity index (χ3v) is 3.97. The van der Waals surface area contributed by atoms with Crippen molar-refractivity contribution in [2.75, 3.05) is 53.0 Å². The van der Waals surface area contributed by atoms with Gasteiger partial charge in [-0.05, 0) is 18.2 Å². The largest absolute Gasteiger partial charge is 0.496 e. The third-order valence-electron chi connectivity index (χ3n) is 3.97. The van der Waals surface area contributed by atoms with E-state index in [2.05, 4.69) is 18.2 Å². The minimum absolute atomic E-state index is 0.304. The van der Waals surface area contributed by atoms with Crippen LogP contribution in [0.5, 0.6) is 5.75 Å². The Morgan fingerprint density at radius 3 is 2.55 bits per heavy atom. The first-order valence-corrected chi connectivity index (χ1v) is 7.41. The molecule has 0 bridgehead atoms. The number of rotatable bonds is 6. The monoisotopic (exact) mass is 278 g/mol. The molecule has 1 saturated heterocycles. The summed E-state index contributed by atoms with van der Waals surface area (Å²) >= 11 is 0. The molecule has 0 unspecified atom stereocenters. The van der Waals surface area contributed by atoms with Crippen LogP contribution in [-0.2, 0) is 0 Å². The van der Waals surface area contributed by atoms with Gasteiger partial charge in [-0.15, -0.1) is 0 Å². The molecular formula is C16H26N2O2+2. The maximum absolute atomic E-state index is 8.95. The number of quaternary nitrogens is 2. The number of piperazine rings is 1. The van der Waals surface area contributed by atoms with E-state index in [0.717, 1.165) is 24.4 Å². The maximum Gasteiger partial charge on any atom is 0.127 e. The van der Waals surface area contributed by atoms with Crippen molar-refractivity contribution in [1.82, 2.24) is 0 Å². The van der Waals surface area contributed by atoms with E-state index in [1.165, 1.54) is 31.1 Å². The fraction of sp³-hybridized carbons (Fsp3) is 0.500. The highest BCUT2D eigenvalue weighted by Gasteiger charge is 2.20. The lowest BCUT2D eigenvalue weighted by molar-refractivity contribution is -1.01. The van der Waals surface area contributed by atoms with Gasteiger partial charge in [0.05, 0.1) is 20.3 Å². The molecule has 3 N–H and O–H groups in total. The third kappa shape index (κ3) is 4.34. The van der Waals surface area contributed by atoms with Gasteiger partial charge in [0.1, 0.15) is 38.5 Å². The van der Waals surface area contributed by atoms with Gasteiger partial charge >= 0.3 is 0 Å². The lowest BCUT2D eigenvalue weighted by Gasteiger charge is -2.28. The zero-order chi connectivity index (χ0) is 14.2. The van der Waals surface area contributed by atoms with Gasteiger partial charge in [0.15, 0.2) is 0 Å². The minimum atomic E-state index is 0.304. The second kappa shape index (κ2) is 8.04. The van der Waals surface area contributed by atoms with E-state index in [9.17, 15) is 0 Å². The van der Waals surface area contributed by atoms with Crippen LogP contribution in [0.2, 0.25) is 0 Å². The van der Waals surface area contributed by atoms with Gasteiger partial charge in [0.2, 0.25) is 0 Å². The molecule has 1 aliphatic heterocycles. The molecule has 0 atom stereocenters. The first-order valence-electron chi connectivity index (χ1n) is 7.41. The van der Waals surface area contributed by atoms with Crippen LogP contribution < -0.4 is 14.5 Å². The summed E-state index contributed by atoms with van der Waals surface area (Å²) in [5, 5.41) is 8.95. The van der Waals surface area contributed by atoms with Gasteiger partial charge in [-0.2, -0.15) is 0 Å². The van der Waals surface area contributed by atoms with Crippen LogP contribution in [0, 0.1) is 0 Å². The fourth-order valence-corrected chi connectivity index (χ4v) is 2.73. The molecule has 20 heavy (non-hydrogen) atoms. The van der Waals surface area contributed by atoms with Gasteiger partial charge in [-0.1, -0.05) is 18.2 Å². The number of methoxy groups -OCH3 is 1. The van der Waals surface area contributed by atoms with E-state index in [0.29, 0.717) is 6.61 Å². The molecule has 0 aliphatic carbocycles. The van der Waals surface area contributed by atoms with E-state index in [1.54, 1.807) is 12.0 Å². The Labute approximate surface area is 121 Å². The predicted molar refractivity (Wildman–Crippen MR) is 80.2 cm³/mol. The topological polar surface area (TPSA) is 38.3 Å². The molecule has 0 spiro atoms. The molecule has 2 rings (SSSR count). The zero-order valence-corrected chi connectivity index (χ0v) is 12.3. The van der Waals surface area contributed by atoms with Crippen molar-refractivity contribution in [3.05, 3.63) is 35.9 Å². The number of ether oxygens (including phenoxy) is 1. The number of hydrogen-bond acceptors (Lipinski definition) is 2. The van der Waals surface area contributed by atoms with Gasteiger partial charge in [0.25, 0.3) is 0 Å². The normalized spacial score (nSPS) is 23.1. The van der Waals surface area contributed by atoms with Crippen molar-refractivity contribution in [3.8, 4) is 5.75 Å². The van der Waals surface area contributed by atoms with Gasteiger partial charge in [-0.3, -0.25) is 0 Å². The molecule has 4 heteroatoms. The van der Waals surface area contributed by atoms with E-state index >= 15 is 0 Å². The Bertz CT molecular complexity index is 426. The molecule has 0 saturated carbocycles. The highest BCUT2D eigenvalue weighted by molar-refractivity contribution is 5.57. The second-order valence-electron chi connectivity index (χ2n) is 5.32. The Morgan fingerprint density at radius 2 is 1.85 bits per heavy atom. The fourth-order valence-electron chi connectivity index (χ4n) is 2.73. The molecule has 4 nitrogen and oxygen atoms in total. The second-order valence-corrected chi connectivity index (χ2v) is 5.32. The summed E-state index contributed by atoms with van der Waals surface area (Å²) < 4.78 is 5.34. The maximum atomic E-state index is 8.95. The summed E-state index contributed by atoms with van der Waals surface area (Å²) in [6.45, 7) is 6.96. The number of para-hydroxylation sites is 1. The van der Waals surface area contributed by atoms with Gasteiger partial charge in [0, 0.05) is 5.56 Å². The van der Waals surface area contributed by atoms with Gasteiger partial charge < -0.3 is 19.6 Å². The number of hydrogen-bond donors (Lipinski definition) is 3. The van der Waals surface area contributed by atoms with E-state index < -0.39 is 0 Å². The number of nitrogens with one attached hydrogen (secondary N) is 2. The van der Waals surface area contributed by atoms with E-state index in [4.69, 9.17) is 9.84 Å². The molecule has 0 radical (unpaired) electrons.